The van der Waals surface area contributed by atoms with Crippen LogP contribution in [0.25, 0.3) is 11.1 Å². The Morgan fingerprint density at radius 1 is 1.10 bits per heavy atom. The van der Waals surface area contributed by atoms with E-state index in [1.165, 1.54) is 11.1 Å². The molecular weight excluding hydrogens is 362 g/mol. The zero-order valence-corrected chi connectivity index (χ0v) is 18.7. The van der Waals surface area contributed by atoms with E-state index in [1.54, 1.807) is 6.07 Å². The van der Waals surface area contributed by atoms with Crippen LogP contribution in [0.2, 0.25) is 0 Å². The highest BCUT2D eigenvalue weighted by Crippen LogP contribution is 2.51. The van der Waals surface area contributed by atoms with Gasteiger partial charge in [0, 0.05) is 18.2 Å². The summed E-state index contributed by atoms with van der Waals surface area (Å²) in [6.07, 6.45) is 1.84. The van der Waals surface area contributed by atoms with Crippen LogP contribution >= 0.6 is 0 Å². The lowest BCUT2D eigenvalue weighted by Gasteiger charge is -2.41. The van der Waals surface area contributed by atoms with Crippen molar-refractivity contribution in [1.82, 2.24) is 4.90 Å². The van der Waals surface area contributed by atoms with Crippen molar-refractivity contribution in [3.63, 3.8) is 0 Å². The Morgan fingerprint density at radius 2 is 1.83 bits per heavy atom. The van der Waals surface area contributed by atoms with E-state index in [0.29, 0.717) is 12.6 Å². The normalized spacial score (nSPS) is 17.7. The molecule has 1 heterocycles. The van der Waals surface area contributed by atoms with Crippen LogP contribution in [0, 0.1) is 5.41 Å². The summed E-state index contributed by atoms with van der Waals surface area (Å²) in [5.41, 5.74) is 5.53. The third-order valence-electron chi connectivity index (χ3n) is 5.69. The van der Waals surface area contributed by atoms with Gasteiger partial charge in [-0.15, -0.1) is 0 Å². The third kappa shape index (κ3) is 4.09. The molecule has 0 saturated carbocycles. The van der Waals surface area contributed by atoms with Gasteiger partial charge in [-0.25, -0.2) is 0 Å². The zero-order valence-electron chi connectivity index (χ0n) is 18.7. The van der Waals surface area contributed by atoms with Gasteiger partial charge in [-0.05, 0) is 65.3 Å². The molecule has 0 bridgehead atoms. The summed E-state index contributed by atoms with van der Waals surface area (Å²) in [6.45, 7) is 15.3. The minimum Gasteiger partial charge on any atom is -0.504 e. The Labute approximate surface area is 175 Å². The van der Waals surface area contributed by atoms with Crippen LogP contribution in [-0.2, 0) is 12.8 Å². The number of phenolic OH excluding ortho intramolecular Hbond substituents is 2. The van der Waals surface area contributed by atoms with Crippen molar-refractivity contribution in [2.45, 2.75) is 60.4 Å². The van der Waals surface area contributed by atoms with E-state index in [4.69, 9.17) is 4.74 Å². The Morgan fingerprint density at radius 3 is 2.48 bits per heavy atom. The molecule has 0 spiro atoms. The molecule has 1 aliphatic carbocycles. The summed E-state index contributed by atoms with van der Waals surface area (Å²) < 4.78 is 6.12. The second kappa shape index (κ2) is 8.27. The Hall–Kier alpha value is -2.20. The average molecular weight is 398 g/mol. The van der Waals surface area contributed by atoms with E-state index in [9.17, 15) is 10.2 Å². The Kier molecular flexibility index (Phi) is 6.13. The fourth-order valence-electron chi connectivity index (χ4n) is 4.39. The number of likely N-dealkylation sites (N-methyl/N-ethyl adjacent to an activating group) is 1. The summed E-state index contributed by atoms with van der Waals surface area (Å²) in [6, 6.07) is 8.09. The van der Waals surface area contributed by atoms with Gasteiger partial charge >= 0.3 is 0 Å². The van der Waals surface area contributed by atoms with Crippen LogP contribution in [0.15, 0.2) is 24.3 Å². The number of hydrogen-bond acceptors (Lipinski definition) is 4. The number of aromatic hydroxyl groups is 2. The summed E-state index contributed by atoms with van der Waals surface area (Å²) in [7, 11) is 0. The zero-order chi connectivity index (χ0) is 21.3. The fourth-order valence-corrected chi connectivity index (χ4v) is 4.39. The number of fused-ring (bicyclic) bond motifs is 2. The lowest BCUT2D eigenvalue weighted by molar-refractivity contribution is 0.188. The maximum absolute atomic E-state index is 10.6. The van der Waals surface area contributed by atoms with Crippen LogP contribution in [0.3, 0.4) is 0 Å². The van der Waals surface area contributed by atoms with Crippen molar-refractivity contribution in [2.75, 3.05) is 19.7 Å². The minimum atomic E-state index is -0.0647. The lowest BCUT2D eigenvalue weighted by Crippen LogP contribution is -2.38. The predicted octanol–water partition coefficient (Wildman–Crippen LogP) is 5.69. The van der Waals surface area contributed by atoms with Crippen molar-refractivity contribution in [3.05, 3.63) is 41.0 Å². The molecule has 0 radical (unpaired) electrons. The van der Waals surface area contributed by atoms with Gasteiger partial charge in [0.05, 0.1) is 6.61 Å². The molecule has 1 atom stereocenters. The molecule has 1 unspecified atom stereocenters. The van der Waals surface area contributed by atoms with Crippen molar-refractivity contribution in [1.29, 1.82) is 0 Å². The van der Waals surface area contributed by atoms with E-state index in [-0.39, 0.29) is 16.9 Å². The van der Waals surface area contributed by atoms with Gasteiger partial charge in [0.1, 0.15) is 5.75 Å². The van der Waals surface area contributed by atoms with Gasteiger partial charge in [-0.2, -0.15) is 0 Å². The van der Waals surface area contributed by atoms with Crippen molar-refractivity contribution >= 4 is 0 Å². The largest absolute Gasteiger partial charge is 0.504 e. The van der Waals surface area contributed by atoms with Crippen LogP contribution in [0.4, 0.5) is 0 Å². The fraction of sp³-hybridized carbons (Fsp3) is 0.520. The molecule has 2 N–H and O–H groups in total. The number of nitrogens with zero attached hydrogens (tertiary/aromatic N) is 1. The van der Waals surface area contributed by atoms with E-state index in [0.717, 1.165) is 48.4 Å². The minimum absolute atomic E-state index is 0.0188. The number of ether oxygens (including phenoxy) is 1. The molecule has 2 aromatic rings. The van der Waals surface area contributed by atoms with Gasteiger partial charge in [-0.1, -0.05) is 47.6 Å². The molecule has 4 nitrogen and oxygen atoms in total. The highest BCUT2D eigenvalue weighted by molar-refractivity contribution is 5.83. The standard InChI is InChI=1S/C23H29NO3.C2H6/c1-5-24-9-8-15-10-16(27-13-23(2,3)4)12-17-20(15)18(24)11-14-6-7-19(25)22(26)21(14)17;1-2/h6-7,10,12,18,25-26H,5,8-9,11,13H2,1-4H3;1-2H3. The van der Waals surface area contributed by atoms with Crippen LogP contribution in [0.5, 0.6) is 17.2 Å². The molecule has 1 aliphatic heterocycles. The van der Waals surface area contributed by atoms with Gasteiger partial charge in [-0.3, -0.25) is 4.90 Å². The molecule has 0 amide bonds. The Bertz CT molecular complexity index is 883. The molecule has 4 rings (SSSR count). The molecule has 0 fully saturated rings. The second-order valence-corrected chi connectivity index (χ2v) is 8.96. The van der Waals surface area contributed by atoms with Crippen LogP contribution in [0.1, 0.15) is 64.3 Å². The van der Waals surface area contributed by atoms with Crippen LogP contribution in [-0.4, -0.2) is 34.8 Å². The van der Waals surface area contributed by atoms with Gasteiger partial charge < -0.3 is 14.9 Å². The SMILES string of the molecule is CC.CCN1CCc2cc(OCC(C)(C)C)cc3c2C1Cc1ccc(O)c(O)c1-3. The molecule has 0 saturated heterocycles. The van der Waals surface area contributed by atoms with Gasteiger partial charge in [0.15, 0.2) is 11.5 Å². The Balaban J connectivity index is 0.00000117. The summed E-state index contributed by atoms with van der Waals surface area (Å²) in [5.74, 6) is 0.762. The predicted molar refractivity (Wildman–Crippen MR) is 119 cm³/mol. The number of hydrogen-bond donors (Lipinski definition) is 2. The quantitative estimate of drug-likeness (QED) is 0.653. The van der Waals surface area contributed by atoms with Gasteiger partial charge in [0.2, 0.25) is 0 Å². The van der Waals surface area contributed by atoms with Gasteiger partial charge in [0.25, 0.3) is 0 Å². The lowest BCUT2D eigenvalue weighted by atomic mass is 9.76. The van der Waals surface area contributed by atoms with E-state index < -0.39 is 0 Å². The van der Waals surface area contributed by atoms with E-state index in [2.05, 4.69) is 38.7 Å². The highest BCUT2D eigenvalue weighted by atomic mass is 16.5. The summed E-state index contributed by atoms with van der Waals surface area (Å²) in [4.78, 5) is 2.51. The molecule has 158 valence electrons. The summed E-state index contributed by atoms with van der Waals surface area (Å²) in [5, 5.41) is 20.7. The second-order valence-electron chi connectivity index (χ2n) is 8.96. The molecule has 0 aromatic heterocycles. The maximum atomic E-state index is 10.6. The molecule has 29 heavy (non-hydrogen) atoms. The third-order valence-corrected chi connectivity index (χ3v) is 5.69. The van der Waals surface area contributed by atoms with E-state index in [1.807, 2.05) is 26.0 Å². The van der Waals surface area contributed by atoms with E-state index >= 15 is 0 Å². The smallest absolute Gasteiger partial charge is 0.165 e. The highest BCUT2D eigenvalue weighted by Gasteiger charge is 2.36. The summed E-state index contributed by atoms with van der Waals surface area (Å²) >= 11 is 0. The number of phenols is 2. The molecule has 2 aromatic carbocycles. The van der Waals surface area contributed by atoms with Crippen molar-refractivity contribution in [3.8, 4) is 28.4 Å². The molecule has 4 heteroatoms. The molecular formula is C25H35NO3. The first kappa shape index (κ1) is 21.5. The number of benzene rings is 2. The maximum Gasteiger partial charge on any atom is 0.165 e. The average Bonchev–Trinajstić information content (AvgIpc) is 2.70. The molecule has 2 aliphatic rings. The first-order valence-corrected chi connectivity index (χ1v) is 10.9. The van der Waals surface area contributed by atoms with Crippen molar-refractivity contribution < 1.29 is 14.9 Å². The van der Waals surface area contributed by atoms with Crippen LogP contribution < -0.4 is 4.74 Å². The topological polar surface area (TPSA) is 52.9 Å². The number of rotatable bonds is 3. The van der Waals surface area contributed by atoms with Crippen molar-refractivity contribution in [2.24, 2.45) is 5.41 Å². The first-order chi connectivity index (χ1) is 13.8. The monoisotopic (exact) mass is 397 g/mol. The first-order valence-electron chi connectivity index (χ1n) is 10.9.